The monoisotopic (exact) mass is 481 g/mol. The number of aryl methyl sites for hydroxylation is 1. The first-order chi connectivity index (χ1) is 17.4. The number of nitrogens with two attached hydrogens (primary N) is 1. The number of H-pyrrole nitrogens is 1. The minimum atomic E-state index is -0.533. The smallest absolute Gasteiger partial charge is 0.319 e. The van der Waals surface area contributed by atoms with Gasteiger partial charge in [-0.15, -0.1) is 0 Å². The molecule has 0 saturated heterocycles. The number of benzene rings is 3. The summed E-state index contributed by atoms with van der Waals surface area (Å²) >= 11 is 0. The summed E-state index contributed by atoms with van der Waals surface area (Å²) in [4.78, 5) is 31.2. The number of primary amides is 1. The number of nitrogens with zero attached hydrogens (tertiary/aromatic N) is 3. The van der Waals surface area contributed by atoms with Crippen LogP contribution in [0.1, 0.15) is 15.9 Å². The number of imidazole rings is 1. The summed E-state index contributed by atoms with van der Waals surface area (Å²) in [5.74, 6) is -0.149. The van der Waals surface area contributed by atoms with Gasteiger partial charge in [-0.3, -0.25) is 9.48 Å². The van der Waals surface area contributed by atoms with Crippen LogP contribution in [0.5, 0.6) is 5.75 Å². The van der Waals surface area contributed by atoms with E-state index in [0.717, 1.165) is 5.56 Å². The number of nitrogens with one attached hydrogen (secondary N) is 3. The highest BCUT2D eigenvalue weighted by molar-refractivity contribution is 5.96. The number of urea groups is 1. The number of fused-ring (bicyclic) bond motifs is 1. The molecule has 0 aliphatic carbocycles. The number of hydrogen-bond donors (Lipinski definition) is 5. The third-order valence-electron chi connectivity index (χ3n) is 5.73. The molecule has 5 rings (SSSR count). The quantitative estimate of drug-likeness (QED) is 0.250. The van der Waals surface area contributed by atoms with Crippen molar-refractivity contribution in [3.63, 3.8) is 0 Å². The maximum absolute atomic E-state index is 12.1. The Balaban J connectivity index is 1.33. The van der Waals surface area contributed by atoms with E-state index in [1.165, 1.54) is 0 Å². The van der Waals surface area contributed by atoms with Crippen LogP contribution in [0.15, 0.2) is 72.8 Å². The lowest BCUT2D eigenvalue weighted by Gasteiger charge is -2.08. The topological polar surface area (TPSA) is 151 Å². The van der Waals surface area contributed by atoms with E-state index < -0.39 is 5.91 Å². The predicted octanol–water partition coefficient (Wildman–Crippen LogP) is 3.76. The Bertz CT molecular complexity index is 1570. The van der Waals surface area contributed by atoms with Gasteiger partial charge in [0.05, 0.1) is 11.0 Å². The Hall–Kier alpha value is -5.12. The Morgan fingerprint density at radius 3 is 2.53 bits per heavy atom. The largest absolute Gasteiger partial charge is 0.504 e. The molecule has 2 heterocycles. The standard InChI is InChI=1S/C26H23N7O3/c1-33-22(25-30-19-12-11-17(24(27)35)13-20(19)31-25)23(34)21(32-33)16-9-7-15(8-10-16)14-28-26(36)29-18-5-3-2-4-6-18/h2-13,34H,14H2,1H3,(H2,27,35)(H,30,31)(H2,28,29,36). The molecule has 0 bridgehead atoms. The molecule has 0 radical (unpaired) electrons. The van der Waals surface area contributed by atoms with Gasteiger partial charge >= 0.3 is 6.03 Å². The van der Waals surface area contributed by atoms with Crippen LogP contribution in [0.2, 0.25) is 0 Å². The van der Waals surface area contributed by atoms with Crippen molar-refractivity contribution >= 4 is 28.7 Å². The molecule has 0 spiro atoms. The van der Waals surface area contributed by atoms with Crippen LogP contribution in [0.4, 0.5) is 10.5 Å². The summed E-state index contributed by atoms with van der Waals surface area (Å²) in [6, 6.07) is 21.2. The number of rotatable bonds is 6. The highest BCUT2D eigenvalue weighted by atomic mass is 16.3. The summed E-state index contributed by atoms with van der Waals surface area (Å²) in [5.41, 5.74) is 10.1. The summed E-state index contributed by atoms with van der Waals surface area (Å²) in [5, 5.41) is 21.1. The highest BCUT2D eigenvalue weighted by Crippen LogP contribution is 2.37. The molecule has 0 unspecified atom stereocenters. The first kappa shape index (κ1) is 22.7. The fraction of sp³-hybridized carbons (Fsp3) is 0.0769. The number of amides is 3. The molecule has 180 valence electrons. The molecule has 2 aromatic heterocycles. The van der Waals surface area contributed by atoms with E-state index in [4.69, 9.17) is 5.73 Å². The molecule has 0 saturated carbocycles. The number of carbonyl (C=O) groups is 2. The van der Waals surface area contributed by atoms with E-state index in [0.29, 0.717) is 51.6 Å². The van der Waals surface area contributed by atoms with Crippen LogP contribution < -0.4 is 16.4 Å². The molecule has 3 amide bonds. The first-order valence-corrected chi connectivity index (χ1v) is 11.1. The molecule has 5 aromatic rings. The van der Waals surface area contributed by atoms with E-state index in [1.807, 2.05) is 54.6 Å². The van der Waals surface area contributed by atoms with Crippen molar-refractivity contribution < 1.29 is 14.7 Å². The van der Waals surface area contributed by atoms with Gasteiger partial charge in [-0.25, -0.2) is 9.78 Å². The first-order valence-electron chi connectivity index (χ1n) is 11.1. The van der Waals surface area contributed by atoms with Crippen molar-refractivity contribution in [2.45, 2.75) is 6.54 Å². The maximum Gasteiger partial charge on any atom is 0.319 e. The van der Waals surface area contributed by atoms with Gasteiger partial charge in [0.25, 0.3) is 0 Å². The Morgan fingerprint density at radius 2 is 1.81 bits per heavy atom. The maximum atomic E-state index is 12.1. The number of hydrogen-bond acceptors (Lipinski definition) is 5. The minimum absolute atomic E-state index is 0.0280. The summed E-state index contributed by atoms with van der Waals surface area (Å²) in [6.45, 7) is 0.338. The number of anilines is 1. The lowest BCUT2D eigenvalue weighted by molar-refractivity contribution is 0.100. The van der Waals surface area contributed by atoms with Crippen molar-refractivity contribution in [3.8, 4) is 28.5 Å². The van der Waals surface area contributed by atoms with Gasteiger partial charge < -0.3 is 26.5 Å². The van der Waals surface area contributed by atoms with Gasteiger partial charge in [0.2, 0.25) is 5.91 Å². The summed E-state index contributed by atoms with van der Waals surface area (Å²) < 4.78 is 1.54. The SMILES string of the molecule is Cn1nc(-c2ccc(CNC(=O)Nc3ccccc3)cc2)c(O)c1-c1nc2ccc(C(N)=O)cc2[nH]1. The fourth-order valence-electron chi connectivity index (χ4n) is 3.91. The number of carbonyl (C=O) groups excluding carboxylic acids is 2. The molecule has 10 heteroatoms. The third kappa shape index (κ3) is 4.47. The van der Waals surface area contributed by atoms with Gasteiger partial charge in [-0.1, -0.05) is 42.5 Å². The number of aromatic nitrogens is 4. The average Bonchev–Trinajstić information content (AvgIpc) is 3.42. The zero-order chi connectivity index (χ0) is 25.2. The van der Waals surface area contributed by atoms with Gasteiger partial charge in [0, 0.05) is 30.4 Å². The number of para-hydroxylation sites is 1. The van der Waals surface area contributed by atoms with Crippen LogP contribution >= 0.6 is 0 Å². The molecule has 0 aliphatic heterocycles. The Morgan fingerprint density at radius 1 is 1.06 bits per heavy atom. The summed E-state index contributed by atoms with van der Waals surface area (Å²) in [6.07, 6.45) is 0. The van der Waals surface area contributed by atoms with E-state index in [-0.39, 0.29) is 11.8 Å². The molecule has 0 fully saturated rings. The predicted molar refractivity (Wildman–Crippen MR) is 136 cm³/mol. The van der Waals surface area contributed by atoms with Crippen molar-refractivity contribution in [1.29, 1.82) is 0 Å². The normalized spacial score (nSPS) is 10.9. The van der Waals surface area contributed by atoms with Gasteiger partial charge in [-0.05, 0) is 35.9 Å². The van der Waals surface area contributed by atoms with Crippen LogP contribution in [0.25, 0.3) is 33.8 Å². The lowest BCUT2D eigenvalue weighted by atomic mass is 10.1. The number of aromatic amines is 1. The Kier molecular flexibility index (Phi) is 5.83. The van der Waals surface area contributed by atoms with Crippen molar-refractivity contribution in [2.24, 2.45) is 12.8 Å². The molecular formula is C26H23N7O3. The molecule has 10 nitrogen and oxygen atoms in total. The van der Waals surface area contributed by atoms with Crippen molar-refractivity contribution in [3.05, 3.63) is 83.9 Å². The lowest BCUT2D eigenvalue weighted by Crippen LogP contribution is -2.28. The van der Waals surface area contributed by atoms with Crippen LogP contribution in [0.3, 0.4) is 0 Å². The van der Waals surface area contributed by atoms with E-state index >= 15 is 0 Å². The molecule has 0 aliphatic rings. The van der Waals surface area contributed by atoms with Crippen LogP contribution in [-0.4, -0.2) is 36.8 Å². The minimum Gasteiger partial charge on any atom is -0.504 e. The molecule has 3 aromatic carbocycles. The van der Waals surface area contributed by atoms with E-state index in [9.17, 15) is 14.7 Å². The van der Waals surface area contributed by atoms with Crippen molar-refractivity contribution in [1.82, 2.24) is 25.1 Å². The summed E-state index contributed by atoms with van der Waals surface area (Å²) in [7, 11) is 1.71. The van der Waals surface area contributed by atoms with Gasteiger partial charge in [-0.2, -0.15) is 5.10 Å². The Labute approximate surface area is 205 Å². The molecule has 0 atom stereocenters. The van der Waals surface area contributed by atoms with Gasteiger partial charge in [0.1, 0.15) is 11.4 Å². The second-order valence-electron chi connectivity index (χ2n) is 8.22. The second kappa shape index (κ2) is 9.26. The zero-order valence-electron chi connectivity index (χ0n) is 19.3. The molecular weight excluding hydrogens is 458 g/mol. The van der Waals surface area contributed by atoms with Crippen molar-refractivity contribution in [2.75, 3.05) is 5.32 Å². The molecule has 36 heavy (non-hydrogen) atoms. The highest BCUT2D eigenvalue weighted by Gasteiger charge is 2.21. The van der Waals surface area contributed by atoms with E-state index in [1.54, 1.807) is 29.9 Å². The van der Waals surface area contributed by atoms with E-state index in [2.05, 4.69) is 25.7 Å². The molecule has 6 N–H and O–H groups in total. The van der Waals surface area contributed by atoms with Gasteiger partial charge in [0.15, 0.2) is 11.6 Å². The third-order valence-corrected chi connectivity index (χ3v) is 5.73. The average molecular weight is 482 g/mol. The number of aromatic hydroxyl groups is 1. The van der Waals surface area contributed by atoms with Crippen LogP contribution in [0, 0.1) is 0 Å². The second-order valence-corrected chi connectivity index (χ2v) is 8.22. The van der Waals surface area contributed by atoms with Crippen LogP contribution in [-0.2, 0) is 13.6 Å². The fourth-order valence-corrected chi connectivity index (χ4v) is 3.91. The zero-order valence-corrected chi connectivity index (χ0v) is 19.3.